The van der Waals surface area contributed by atoms with Crippen LogP contribution in [0.2, 0.25) is 5.02 Å². The van der Waals surface area contributed by atoms with E-state index in [1.165, 1.54) is 11.8 Å². The Kier molecular flexibility index (Phi) is 7.44. The van der Waals surface area contributed by atoms with Gasteiger partial charge in [-0.15, -0.1) is 0 Å². The lowest BCUT2D eigenvalue weighted by molar-refractivity contribution is 0.0934. The van der Waals surface area contributed by atoms with Crippen LogP contribution in [0.1, 0.15) is 47.8 Å². The third kappa shape index (κ3) is 6.44. The van der Waals surface area contributed by atoms with Crippen molar-refractivity contribution in [2.24, 2.45) is 0 Å². The number of carbonyl (C=O) groups excluding carboxylic acids is 1. The molecule has 1 atom stereocenters. The third-order valence-corrected chi connectivity index (χ3v) is 4.95. The van der Waals surface area contributed by atoms with Crippen LogP contribution in [-0.2, 0) is 19.6 Å². The lowest BCUT2D eigenvalue weighted by atomic mass is 10.1. The number of oxazole rings is 1. The van der Waals surface area contributed by atoms with E-state index < -0.39 is 0 Å². The van der Waals surface area contributed by atoms with Gasteiger partial charge in [0.1, 0.15) is 6.26 Å². The van der Waals surface area contributed by atoms with Gasteiger partial charge >= 0.3 is 0 Å². The van der Waals surface area contributed by atoms with E-state index in [0.29, 0.717) is 29.7 Å². The van der Waals surface area contributed by atoms with E-state index in [1.807, 2.05) is 56.3 Å². The molecule has 0 aliphatic heterocycles. The van der Waals surface area contributed by atoms with Crippen LogP contribution in [0.3, 0.4) is 0 Å². The summed E-state index contributed by atoms with van der Waals surface area (Å²) in [5, 5.41) is 3.63. The number of halogens is 1. The Morgan fingerprint density at radius 3 is 2.38 bits per heavy atom. The molecule has 0 aliphatic rings. The molecule has 1 amide bonds. The summed E-state index contributed by atoms with van der Waals surface area (Å²) in [6, 6.07) is 18.1. The van der Waals surface area contributed by atoms with Crippen molar-refractivity contribution in [2.75, 3.05) is 0 Å². The van der Waals surface area contributed by atoms with Crippen molar-refractivity contribution in [1.29, 1.82) is 0 Å². The van der Waals surface area contributed by atoms with E-state index in [-0.39, 0.29) is 11.9 Å². The topological polar surface area (TPSA) is 58.4 Å². The van der Waals surface area contributed by atoms with E-state index in [2.05, 4.69) is 27.3 Å². The largest absolute Gasteiger partial charge is 0.447 e. The van der Waals surface area contributed by atoms with E-state index in [4.69, 9.17) is 16.0 Å². The van der Waals surface area contributed by atoms with Crippen LogP contribution < -0.4 is 5.32 Å². The predicted molar refractivity (Wildman–Crippen MR) is 115 cm³/mol. The number of benzene rings is 2. The van der Waals surface area contributed by atoms with Crippen molar-refractivity contribution in [2.45, 2.75) is 45.9 Å². The van der Waals surface area contributed by atoms with Crippen LogP contribution in [0.4, 0.5) is 0 Å². The fourth-order valence-electron chi connectivity index (χ4n) is 2.94. The van der Waals surface area contributed by atoms with E-state index in [1.54, 1.807) is 0 Å². The molecule has 0 radical (unpaired) electrons. The Morgan fingerprint density at radius 1 is 1.07 bits per heavy atom. The summed E-state index contributed by atoms with van der Waals surface area (Å²) in [5.74, 6) is 0.311. The highest BCUT2D eigenvalue weighted by Gasteiger charge is 2.16. The van der Waals surface area contributed by atoms with Crippen LogP contribution in [0, 0.1) is 0 Å². The quantitative estimate of drug-likeness (QED) is 0.534. The number of aromatic nitrogens is 1. The minimum Gasteiger partial charge on any atom is -0.447 e. The normalized spacial score (nSPS) is 12.1. The highest BCUT2D eigenvalue weighted by Crippen LogP contribution is 2.16. The highest BCUT2D eigenvalue weighted by atomic mass is 35.5. The van der Waals surface area contributed by atoms with Crippen LogP contribution in [0.15, 0.2) is 65.3 Å². The zero-order chi connectivity index (χ0) is 20.6. The summed E-state index contributed by atoms with van der Waals surface area (Å²) in [4.78, 5) is 18.9. The van der Waals surface area contributed by atoms with Gasteiger partial charge in [0.05, 0.1) is 6.54 Å². The molecule has 1 aromatic heterocycles. The number of nitrogens with zero attached hydrogens (tertiary/aromatic N) is 2. The molecule has 0 bridgehead atoms. The fraction of sp³-hybridized carbons (Fsp3) is 0.304. The van der Waals surface area contributed by atoms with Gasteiger partial charge < -0.3 is 9.73 Å². The Labute approximate surface area is 176 Å². The van der Waals surface area contributed by atoms with Gasteiger partial charge in [-0.2, -0.15) is 0 Å². The molecule has 5 nitrogen and oxygen atoms in total. The average molecular weight is 412 g/mol. The minimum absolute atomic E-state index is 0.0992. The van der Waals surface area contributed by atoms with Gasteiger partial charge in [-0.05, 0) is 36.6 Å². The van der Waals surface area contributed by atoms with E-state index >= 15 is 0 Å². The zero-order valence-electron chi connectivity index (χ0n) is 16.8. The van der Waals surface area contributed by atoms with Crippen LogP contribution in [0.25, 0.3) is 0 Å². The lowest BCUT2D eigenvalue weighted by Crippen LogP contribution is -2.32. The number of nitrogens with one attached hydrogen (secondary N) is 1. The fourth-order valence-corrected chi connectivity index (χ4v) is 3.06. The number of hydrogen-bond donors (Lipinski definition) is 1. The van der Waals surface area contributed by atoms with Crippen molar-refractivity contribution in [3.8, 4) is 0 Å². The maximum atomic E-state index is 12.3. The summed E-state index contributed by atoms with van der Waals surface area (Å²) >= 11 is 6.01. The molecule has 0 fully saturated rings. The third-order valence-electron chi connectivity index (χ3n) is 4.70. The first-order chi connectivity index (χ1) is 14.0. The Bertz CT molecular complexity index is 909. The highest BCUT2D eigenvalue weighted by molar-refractivity contribution is 6.30. The molecule has 0 saturated carbocycles. The molecule has 1 unspecified atom stereocenters. The van der Waals surface area contributed by atoms with Crippen molar-refractivity contribution >= 4 is 17.5 Å². The smallest absolute Gasteiger partial charge is 0.273 e. The second kappa shape index (κ2) is 10.2. The number of hydrogen-bond acceptors (Lipinski definition) is 4. The van der Waals surface area contributed by atoms with Crippen molar-refractivity contribution < 1.29 is 9.21 Å². The van der Waals surface area contributed by atoms with E-state index in [9.17, 15) is 4.79 Å². The first-order valence-corrected chi connectivity index (χ1v) is 10.2. The minimum atomic E-state index is -0.207. The standard InChI is InChI=1S/C23H26ClN3O2/c1-3-17(2)25-23(28)21-16-29-22(26-21)15-27(13-18-7-5-4-6-8-18)14-19-9-11-20(24)12-10-19/h4-12,16-17H,3,13-15H2,1-2H3,(H,25,28). The molecule has 3 rings (SSSR count). The van der Waals surface area contributed by atoms with Gasteiger partial charge in [0, 0.05) is 24.2 Å². The van der Waals surface area contributed by atoms with Crippen LogP contribution in [0.5, 0.6) is 0 Å². The van der Waals surface area contributed by atoms with Crippen molar-refractivity contribution in [1.82, 2.24) is 15.2 Å². The first-order valence-electron chi connectivity index (χ1n) is 9.79. The second-order valence-corrected chi connectivity index (χ2v) is 7.60. The van der Waals surface area contributed by atoms with Gasteiger partial charge in [0.2, 0.25) is 5.89 Å². The molecule has 29 heavy (non-hydrogen) atoms. The first kappa shape index (κ1) is 21.1. The number of amides is 1. The zero-order valence-corrected chi connectivity index (χ0v) is 17.5. The van der Waals surface area contributed by atoms with Gasteiger partial charge in [0.15, 0.2) is 5.69 Å². The molecule has 1 N–H and O–H groups in total. The maximum absolute atomic E-state index is 12.3. The summed E-state index contributed by atoms with van der Waals surface area (Å²) in [6.45, 7) is 5.93. The molecular formula is C23H26ClN3O2. The maximum Gasteiger partial charge on any atom is 0.273 e. The molecule has 6 heteroatoms. The molecule has 2 aromatic carbocycles. The van der Waals surface area contributed by atoms with Crippen LogP contribution in [-0.4, -0.2) is 21.8 Å². The summed E-state index contributed by atoms with van der Waals surface area (Å²) in [6.07, 6.45) is 2.29. The van der Waals surface area contributed by atoms with Gasteiger partial charge in [0.25, 0.3) is 5.91 Å². The number of rotatable bonds is 9. The Balaban J connectivity index is 1.72. The monoisotopic (exact) mass is 411 g/mol. The molecule has 0 aliphatic carbocycles. The Morgan fingerprint density at radius 2 is 1.72 bits per heavy atom. The van der Waals surface area contributed by atoms with Crippen LogP contribution >= 0.6 is 11.6 Å². The number of carbonyl (C=O) groups is 1. The average Bonchev–Trinajstić information content (AvgIpc) is 3.19. The molecule has 0 spiro atoms. The van der Waals surface area contributed by atoms with Gasteiger partial charge in [-0.3, -0.25) is 9.69 Å². The summed E-state index contributed by atoms with van der Waals surface area (Å²) < 4.78 is 5.59. The van der Waals surface area contributed by atoms with Gasteiger partial charge in [-0.25, -0.2) is 4.98 Å². The molecule has 152 valence electrons. The predicted octanol–water partition coefficient (Wildman–Crippen LogP) is 5.06. The van der Waals surface area contributed by atoms with Crippen molar-refractivity contribution in [3.63, 3.8) is 0 Å². The SMILES string of the molecule is CCC(C)NC(=O)c1coc(CN(Cc2ccccc2)Cc2ccc(Cl)cc2)n1. The lowest BCUT2D eigenvalue weighted by Gasteiger charge is -2.21. The molecule has 1 heterocycles. The summed E-state index contributed by atoms with van der Waals surface area (Å²) in [7, 11) is 0. The molecule has 0 saturated heterocycles. The molecular weight excluding hydrogens is 386 g/mol. The molecule has 3 aromatic rings. The van der Waals surface area contributed by atoms with E-state index in [0.717, 1.165) is 18.5 Å². The second-order valence-electron chi connectivity index (χ2n) is 7.17. The Hall–Kier alpha value is -2.63. The summed E-state index contributed by atoms with van der Waals surface area (Å²) in [5.41, 5.74) is 2.65. The van der Waals surface area contributed by atoms with Gasteiger partial charge in [-0.1, -0.05) is 61.0 Å². The van der Waals surface area contributed by atoms with Crippen molar-refractivity contribution in [3.05, 3.63) is 88.6 Å².